The van der Waals surface area contributed by atoms with E-state index in [2.05, 4.69) is 10.8 Å². The van der Waals surface area contributed by atoms with Gasteiger partial charge in [-0.2, -0.15) is 5.48 Å². The van der Waals surface area contributed by atoms with E-state index in [1.54, 1.807) is 41.5 Å². The van der Waals surface area contributed by atoms with Crippen LogP contribution in [0.15, 0.2) is 17.1 Å². The number of hydroxylamine groups is 1. The number of alkyl carbamates (subject to hydrolysis) is 1. The van der Waals surface area contributed by atoms with Gasteiger partial charge in [0, 0.05) is 11.6 Å². The van der Waals surface area contributed by atoms with Crippen LogP contribution in [0.1, 0.15) is 112 Å². The molecule has 1 heterocycles. The lowest BCUT2D eigenvalue weighted by Crippen LogP contribution is -2.58. The highest BCUT2D eigenvalue weighted by molar-refractivity contribution is 5.99. The Hall–Kier alpha value is -3.54. The van der Waals surface area contributed by atoms with Crippen molar-refractivity contribution in [3.63, 3.8) is 0 Å². The second-order valence-electron chi connectivity index (χ2n) is 14.9. The number of hydrogen-bond donors (Lipinski definition) is 3. The standard InChI is InChI=1S/C33H52N4O8/c1-12-21-22-14-16-25(33(11,27(38)42-30(2,3)4)45-37-29(40)44-32(8,9)10)41-24(22)15-13-23(21)26(34)35-19-17-20(18-19)36-28(39)43-31(5,6)7/h13,15,19-20,25H,12,14,16-18H2,1-11H3,(H2,34,35)(H,36,39)(H,37,40)/t19?,20?,25-,33+/m1/s1. The summed E-state index contributed by atoms with van der Waals surface area (Å²) < 4.78 is 22.7. The van der Waals surface area contributed by atoms with E-state index in [1.165, 1.54) is 6.92 Å². The van der Waals surface area contributed by atoms with Crippen LogP contribution in [0.5, 0.6) is 5.75 Å². The topological polar surface area (TPSA) is 160 Å². The average molecular weight is 633 g/mol. The van der Waals surface area contributed by atoms with E-state index in [4.69, 9.17) is 34.5 Å². The van der Waals surface area contributed by atoms with Gasteiger partial charge in [-0.25, -0.2) is 19.2 Å². The highest BCUT2D eigenvalue weighted by Gasteiger charge is 2.50. The quantitative estimate of drug-likeness (QED) is 0.114. The first-order valence-corrected chi connectivity index (χ1v) is 15.6. The van der Waals surface area contributed by atoms with Crippen molar-refractivity contribution in [1.82, 2.24) is 10.8 Å². The molecule has 0 radical (unpaired) electrons. The fourth-order valence-electron chi connectivity index (χ4n) is 5.19. The van der Waals surface area contributed by atoms with E-state index < -0.39 is 46.7 Å². The first kappa shape index (κ1) is 35.9. The van der Waals surface area contributed by atoms with Gasteiger partial charge in [-0.05, 0) is 125 Å². The van der Waals surface area contributed by atoms with Crippen molar-refractivity contribution in [3.8, 4) is 5.75 Å². The SMILES string of the molecule is CCc1c(C(N)=NC2CC(NC(=O)OC(C)(C)C)C2)ccc2c1CC[C@H]([C@](C)(ONC(=O)OC(C)(C)C)C(=O)OC(C)(C)C)O2. The average Bonchev–Trinajstić information content (AvgIpc) is 2.86. The second kappa shape index (κ2) is 13.4. The number of esters is 1. The molecule has 0 saturated heterocycles. The predicted molar refractivity (Wildman–Crippen MR) is 170 cm³/mol. The lowest BCUT2D eigenvalue weighted by Gasteiger charge is -2.39. The van der Waals surface area contributed by atoms with Gasteiger partial charge in [-0.1, -0.05) is 6.92 Å². The molecule has 0 bridgehead atoms. The van der Waals surface area contributed by atoms with E-state index in [1.807, 2.05) is 39.8 Å². The molecular formula is C33H52N4O8. The number of hydrogen-bond acceptors (Lipinski definition) is 9. The molecule has 0 unspecified atom stereocenters. The number of ether oxygens (including phenoxy) is 4. The molecule has 252 valence electrons. The number of benzene rings is 1. The highest BCUT2D eigenvalue weighted by Crippen LogP contribution is 2.38. The minimum atomic E-state index is -1.68. The van der Waals surface area contributed by atoms with E-state index >= 15 is 0 Å². The molecule has 1 fully saturated rings. The summed E-state index contributed by atoms with van der Waals surface area (Å²) in [6.45, 7) is 19.5. The minimum absolute atomic E-state index is 0.00420. The maximum Gasteiger partial charge on any atom is 0.431 e. The molecule has 4 N–H and O–H groups in total. The Balaban J connectivity index is 1.77. The second-order valence-corrected chi connectivity index (χ2v) is 14.9. The summed E-state index contributed by atoms with van der Waals surface area (Å²) in [5.74, 6) is 0.352. The van der Waals surface area contributed by atoms with Crippen molar-refractivity contribution in [3.05, 3.63) is 28.8 Å². The van der Waals surface area contributed by atoms with Crippen LogP contribution in [0, 0.1) is 0 Å². The lowest BCUT2D eigenvalue weighted by molar-refractivity contribution is -0.205. The van der Waals surface area contributed by atoms with Gasteiger partial charge in [0.1, 0.15) is 34.5 Å². The smallest absolute Gasteiger partial charge is 0.431 e. The number of rotatable bonds is 8. The third kappa shape index (κ3) is 9.97. The Bertz CT molecular complexity index is 1290. The van der Waals surface area contributed by atoms with E-state index in [9.17, 15) is 14.4 Å². The number of amidine groups is 1. The Morgan fingerprint density at radius 1 is 0.911 bits per heavy atom. The first-order valence-electron chi connectivity index (χ1n) is 15.6. The molecule has 1 saturated carbocycles. The molecule has 2 amide bonds. The van der Waals surface area contributed by atoms with Crippen LogP contribution < -0.4 is 21.3 Å². The summed E-state index contributed by atoms with van der Waals surface area (Å²) in [7, 11) is 0. The zero-order valence-electron chi connectivity index (χ0n) is 28.7. The van der Waals surface area contributed by atoms with Crippen LogP contribution in [0.3, 0.4) is 0 Å². The van der Waals surface area contributed by atoms with Gasteiger partial charge in [0.15, 0.2) is 0 Å². The van der Waals surface area contributed by atoms with Crippen molar-refractivity contribution >= 4 is 24.0 Å². The normalized spacial score (nSPS) is 21.7. The largest absolute Gasteiger partial charge is 0.486 e. The number of amides is 2. The molecule has 1 aliphatic heterocycles. The molecule has 3 rings (SSSR count). The van der Waals surface area contributed by atoms with Crippen LogP contribution in [-0.2, 0) is 36.7 Å². The number of aliphatic imine (C=N–C) groups is 1. The lowest BCUT2D eigenvalue weighted by atomic mass is 9.86. The summed E-state index contributed by atoms with van der Waals surface area (Å²) in [6, 6.07) is 3.68. The van der Waals surface area contributed by atoms with Gasteiger partial charge in [0.05, 0.1) is 6.04 Å². The number of carbonyl (C=O) groups is 3. The van der Waals surface area contributed by atoms with Crippen LogP contribution in [0.2, 0.25) is 0 Å². The molecule has 2 atom stereocenters. The van der Waals surface area contributed by atoms with Gasteiger partial charge in [-0.15, -0.1) is 0 Å². The minimum Gasteiger partial charge on any atom is -0.486 e. The Morgan fingerprint density at radius 2 is 1.49 bits per heavy atom. The molecule has 0 spiro atoms. The highest BCUT2D eigenvalue weighted by atomic mass is 16.7. The van der Waals surface area contributed by atoms with Gasteiger partial charge in [0.25, 0.3) is 0 Å². The Morgan fingerprint density at radius 3 is 2.04 bits per heavy atom. The molecule has 12 nitrogen and oxygen atoms in total. The zero-order valence-corrected chi connectivity index (χ0v) is 28.7. The number of nitrogens with zero attached hydrogens (tertiary/aromatic N) is 1. The summed E-state index contributed by atoms with van der Waals surface area (Å²) in [4.78, 5) is 48.4. The molecule has 12 heteroatoms. The van der Waals surface area contributed by atoms with Crippen LogP contribution in [-0.4, -0.2) is 64.6 Å². The van der Waals surface area contributed by atoms with Crippen molar-refractivity contribution in [2.24, 2.45) is 10.7 Å². The van der Waals surface area contributed by atoms with E-state index in [0.29, 0.717) is 43.7 Å². The Labute approximate surface area is 267 Å². The number of fused-ring (bicyclic) bond motifs is 1. The number of nitrogens with one attached hydrogen (secondary N) is 2. The number of carbonyl (C=O) groups excluding carboxylic acids is 3. The molecule has 1 aromatic rings. The molecular weight excluding hydrogens is 580 g/mol. The van der Waals surface area contributed by atoms with Crippen molar-refractivity contribution in [2.45, 2.75) is 149 Å². The van der Waals surface area contributed by atoms with Crippen LogP contribution in [0.4, 0.5) is 9.59 Å². The molecule has 1 aromatic carbocycles. The zero-order chi connectivity index (χ0) is 34.0. The maximum absolute atomic E-state index is 13.5. The van der Waals surface area contributed by atoms with Gasteiger partial charge >= 0.3 is 18.2 Å². The summed E-state index contributed by atoms with van der Waals surface area (Å²) in [5.41, 5.74) is 7.82. The predicted octanol–water partition coefficient (Wildman–Crippen LogP) is 5.26. The van der Waals surface area contributed by atoms with Crippen LogP contribution in [0.25, 0.3) is 0 Å². The summed E-state index contributed by atoms with van der Waals surface area (Å²) in [6.07, 6.45) is 0.987. The van der Waals surface area contributed by atoms with E-state index in [0.717, 1.165) is 16.7 Å². The fraction of sp³-hybridized carbons (Fsp3) is 0.697. The molecule has 0 aromatic heterocycles. The van der Waals surface area contributed by atoms with Crippen molar-refractivity contribution in [2.75, 3.05) is 0 Å². The van der Waals surface area contributed by atoms with Gasteiger partial charge in [0.2, 0.25) is 5.60 Å². The third-order valence-electron chi connectivity index (χ3n) is 7.26. The van der Waals surface area contributed by atoms with Crippen molar-refractivity contribution < 1.29 is 38.2 Å². The third-order valence-corrected chi connectivity index (χ3v) is 7.26. The molecule has 1 aliphatic carbocycles. The van der Waals surface area contributed by atoms with Gasteiger partial charge in [-0.3, -0.25) is 4.99 Å². The number of nitrogens with two attached hydrogens (primary N) is 1. The molecule has 45 heavy (non-hydrogen) atoms. The summed E-state index contributed by atoms with van der Waals surface area (Å²) in [5, 5.41) is 2.88. The van der Waals surface area contributed by atoms with E-state index in [-0.39, 0.29) is 12.1 Å². The van der Waals surface area contributed by atoms with Crippen molar-refractivity contribution in [1.29, 1.82) is 0 Å². The summed E-state index contributed by atoms with van der Waals surface area (Å²) >= 11 is 0. The monoisotopic (exact) mass is 632 g/mol. The fourth-order valence-corrected chi connectivity index (χ4v) is 5.19. The molecule has 2 aliphatic rings. The Kier molecular flexibility index (Phi) is 10.7. The maximum atomic E-state index is 13.5. The first-order chi connectivity index (χ1) is 20.6. The van der Waals surface area contributed by atoms with Gasteiger partial charge < -0.3 is 30.0 Å². The van der Waals surface area contributed by atoms with Crippen LogP contribution >= 0.6 is 0 Å².